The van der Waals surface area contributed by atoms with Crippen molar-refractivity contribution in [3.63, 3.8) is 0 Å². The molecule has 0 saturated carbocycles. The molecule has 0 radical (unpaired) electrons. The van der Waals surface area contributed by atoms with E-state index in [-0.39, 0.29) is 5.69 Å². The molecule has 0 aliphatic heterocycles. The minimum Gasteiger partial charge on any atom is -0.288 e. The highest BCUT2D eigenvalue weighted by Crippen LogP contribution is 2.31. The fourth-order valence-corrected chi connectivity index (χ4v) is 4.44. The van der Waals surface area contributed by atoms with Crippen LogP contribution < -0.4 is 9.79 Å². The molecule has 32 heavy (non-hydrogen) atoms. The first kappa shape index (κ1) is 22.7. The molecule has 0 aliphatic rings. The summed E-state index contributed by atoms with van der Waals surface area (Å²) in [5, 5.41) is 20.3. The molecule has 10 heteroatoms. The highest BCUT2D eigenvalue weighted by molar-refractivity contribution is 7.93. The lowest BCUT2D eigenvalue weighted by atomic mass is 9.97. The van der Waals surface area contributed by atoms with Crippen molar-refractivity contribution in [1.29, 1.82) is 0 Å². The Kier molecular flexibility index (Phi) is 6.67. The van der Waals surface area contributed by atoms with Gasteiger partial charge in [0.1, 0.15) is 0 Å². The van der Waals surface area contributed by atoms with Crippen LogP contribution in [-0.2, 0) is 14.8 Å². The molecule has 0 heterocycles. The molecular formula is C22H19N3O6S. The van der Waals surface area contributed by atoms with E-state index in [1.165, 1.54) is 43.5 Å². The van der Waals surface area contributed by atoms with E-state index in [0.29, 0.717) is 16.7 Å². The average Bonchev–Trinajstić information content (AvgIpc) is 2.82. The summed E-state index contributed by atoms with van der Waals surface area (Å²) in [6.07, 6.45) is 1.19. The molecule has 0 atom stereocenters. The smallest absolute Gasteiger partial charge is 0.288 e. The number of hydroxylamine groups is 1. The Morgan fingerprint density at radius 3 is 2.28 bits per heavy atom. The molecule has 0 bridgehead atoms. The van der Waals surface area contributed by atoms with Gasteiger partial charge in [0.15, 0.2) is 4.90 Å². The van der Waals surface area contributed by atoms with Crippen molar-refractivity contribution < 1.29 is 23.3 Å². The maximum Gasteiger partial charge on any atom is 0.289 e. The van der Waals surface area contributed by atoms with Gasteiger partial charge in [-0.15, -0.1) is 0 Å². The zero-order valence-corrected chi connectivity index (χ0v) is 17.7. The Hall–Kier alpha value is -4.02. The number of nitrogens with one attached hydrogen (secondary N) is 1. The van der Waals surface area contributed by atoms with E-state index in [9.17, 15) is 23.3 Å². The third-order valence-electron chi connectivity index (χ3n) is 4.69. The van der Waals surface area contributed by atoms with Gasteiger partial charge in [-0.1, -0.05) is 54.6 Å². The number of para-hydroxylation sites is 1. The number of hydrogen-bond donors (Lipinski definition) is 2. The Morgan fingerprint density at radius 2 is 1.62 bits per heavy atom. The number of sulfonamides is 1. The number of nitro benzene ring substituents is 1. The first-order chi connectivity index (χ1) is 15.3. The van der Waals surface area contributed by atoms with Gasteiger partial charge in [-0.05, 0) is 34.9 Å². The number of amides is 1. The first-order valence-electron chi connectivity index (χ1n) is 9.29. The number of anilines is 1. The fraction of sp³-hybridized carbons (Fsp3) is 0.0455. The van der Waals surface area contributed by atoms with E-state index < -0.39 is 31.4 Å². The fourth-order valence-electron chi connectivity index (χ4n) is 3.10. The zero-order valence-electron chi connectivity index (χ0n) is 16.9. The van der Waals surface area contributed by atoms with E-state index >= 15 is 0 Å². The second-order valence-corrected chi connectivity index (χ2v) is 8.59. The molecule has 3 aromatic rings. The molecule has 3 rings (SSSR count). The molecular weight excluding hydrogens is 434 g/mol. The van der Waals surface area contributed by atoms with Crippen molar-refractivity contribution in [3.8, 4) is 0 Å². The highest BCUT2D eigenvalue weighted by atomic mass is 32.2. The van der Waals surface area contributed by atoms with E-state index in [0.717, 1.165) is 10.4 Å². The molecule has 0 fully saturated rings. The predicted molar refractivity (Wildman–Crippen MR) is 119 cm³/mol. The van der Waals surface area contributed by atoms with Gasteiger partial charge in [-0.2, -0.15) is 0 Å². The van der Waals surface area contributed by atoms with Crippen LogP contribution >= 0.6 is 0 Å². The van der Waals surface area contributed by atoms with Gasteiger partial charge in [-0.25, -0.2) is 13.9 Å². The van der Waals surface area contributed by atoms with Gasteiger partial charge in [-0.3, -0.25) is 24.4 Å². The van der Waals surface area contributed by atoms with E-state index in [4.69, 9.17) is 5.21 Å². The normalized spacial score (nSPS) is 11.6. The van der Waals surface area contributed by atoms with Gasteiger partial charge >= 0.3 is 0 Å². The van der Waals surface area contributed by atoms with Gasteiger partial charge in [0, 0.05) is 19.2 Å². The maximum atomic E-state index is 13.1. The molecule has 9 nitrogen and oxygen atoms in total. The molecule has 3 aromatic carbocycles. The third-order valence-corrected chi connectivity index (χ3v) is 6.52. The van der Waals surface area contributed by atoms with Gasteiger partial charge in [0.05, 0.1) is 10.6 Å². The standard InChI is InChI=1S/C22H19N3O6S/c1-24(32(30,31)21-13-6-5-12-20(21)25(28)29)18-11-7-10-17(14-18)19(15-22(26)23-27)16-8-3-2-4-9-16/h2-15,27H,1H3,(H,23,26)/b19-15-. The highest BCUT2D eigenvalue weighted by Gasteiger charge is 2.29. The predicted octanol–water partition coefficient (Wildman–Crippen LogP) is 3.36. The number of nitro groups is 1. The molecule has 0 spiro atoms. The van der Waals surface area contributed by atoms with Gasteiger partial charge in [0.2, 0.25) is 0 Å². The molecule has 0 unspecified atom stereocenters. The van der Waals surface area contributed by atoms with Crippen LogP contribution in [0.3, 0.4) is 0 Å². The summed E-state index contributed by atoms with van der Waals surface area (Å²) in [7, 11) is -2.96. The summed E-state index contributed by atoms with van der Waals surface area (Å²) < 4.78 is 27.2. The number of nitrogens with zero attached hydrogens (tertiary/aromatic N) is 2. The van der Waals surface area contributed by atoms with Crippen LogP contribution in [0.5, 0.6) is 0 Å². The number of hydrogen-bond acceptors (Lipinski definition) is 6. The van der Waals surface area contributed by atoms with Crippen molar-refractivity contribution in [2.75, 3.05) is 11.4 Å². The first-order valence-corrected chi connectivity index (χ1v) is 10.7. The molecule has 164 valence electrons. The lowest BCUT2D eigenvalue weighted by molar-refractivity contribution is -0.387. The monoisotopic (exact) mass is 453 g/mol. The summed E-state index contributed by atoms with van der Waals surface area (Å²) >= 11 is 0. The Morgan fingerprint density at radius 1 is 1.00 bits per heavy atom. The average molecular weight is 453 g/mol. The molecule has 1 amide bonds. The number of benzene rings is 3. The second kappa shape index (κ2) is 9.41. The summed E-state index contributed by atoms with van der Waals surface area (Å²) in [5.41, 5.74) is 2.86. The van der Waals surface area contributed by atoms with Crippen LogP contribution in [0.1, 0.15) is 11.1 Å². The minimum absolute atomic E-state index is 0.229. The topological polar surface area (TPSA) is 130 Å². The van der Waals surface area contributed by atoms with Crippen molar-refractivity contribution >= 4 is 32.9 Å². The van der Waals surface area contributed by atoms with Crippen LogP contribution in [0.25, 0.3) is 5.57 Å². The SMILES string of the molecule is CN(c1cccc(/C(=C\C(=O)NO)c2ccccc2)c1)S(=O)(=O)c1ccccc1[N+](=O)[O-]. The second-order valence-electron chi connectivity index (χ2n) is 6.65. The molecule has 0 aromatic heterocycles. The van der Waals surface area contributed by atoms with Crippen molar-refractivity contribution in [1.82, 2.24) is 5.48 Å². The summed E-state index contributed by atoms with van der Waals surface area (Å²) in [5.74, 6) is -0.754. The van der Waals surface area contributed by atoms with E-state index in [2.05, 4.69) is 0 Å². The van der Waals surface area contributed by atoms with Crippen molar-refractivity contribution in [2.45, 2.75) is 4.90 Å². The minimum atomic E-state index is -4.25. The summed E-state index contributed by atoms with van der Waals surface area (Å²) in [4.78, 5) is 22.0. The van der Waals surface area contributed by atoms with Crippen LogP contribution in [0.15, 0.2) is 89.8 Å². The third kappa shape index (κ3) is 4.66. The number of rotatable bonds is 7. The summed E-state index contributed by atoms with van der Waals surface area (Å²) in [6.45, 7) is 0. The largest absolute Gasteiger partial charge is 0.289 e. The molecule has 0 aliphatic carbocycles. The lowest BCUT2D eigenvalue weighted by Crippen LogP contribution is -2.27. The van der Waals surface area contributed by atoms with Crippen molar-refractivity contribution in [2.24, 2.45) is 0 Å². The van der Waals surface area contributed by atoms with Crippen LogP contribution in [0.4, 0.5) is 11.4 Å². The molecule has 2 N–H and O–H groups in total. The van der Waals surface area contributed by atoms with E-state index in [1.807, 2.05) is 0 Å². The summed E-state index contributed by atoms with van der Waals surface area (Å²) in [6, 6.07) is 20.3. The lowest BCUT2D eigenvalue weighted by Gasteiger charge is -2.20. The van der Waals surface area contributed by atoms with E-state index in [1.54, 1.807) is 47.9 Å². The van der Waals surface area contributed by atoms with Crippen LogP contribution in [0, 0.1) is 10.1 Å². The number of carbonyl (C=O) groups is 1. The zero-order chi connectivity index (χ0) is 23.3. The van der Waals surface area contributed by atoms with Crippen LogP contribution in [0.2, 0.25) is 0 Å². The number of carbonyl (C=O) groups excluding carboxylic acids is 1. The van der Waals surface area contributed by atoms with Crippen LogP contribution in [-0.4, -0.2) is 31.5 Å². The van der Waals surface area contributed by atoms with Crippen molar-refractivity contribution in [3.05, 3.63) is 106 Å². The quantitative estimate of drug-likeness (QED) is 0.244. The Labute approximate surface area is 184 Å². The Bertz CT molecular complexity index is 1290. The van der Waals surface area contributed by atoms with Gasteiger partial charge < -0.3 is 0 Å². The van der Waals surface area contributed by atoms with Gasteiger partial charge in [0.25, 0.3) is 21.6 Å². The Balaban J connectivity index is 2.09. The maximum absolute atomic E-state index is 13.1. The molecule has 0 saturated heterocycles.